The molecule has 0 atom stereocenters. The summed E-state index contributed by atoms with van der Waals surface area (Å²) in [4.78, 5) is 32.3. The van der Waals surface area contributed by atoms with Gasteiger partial charge in [-0.2, -0.15) is 0 Å². The van der Waals surface area contributed by atoms with Crippen LogP contribution in [0.5, 0.6) is 0 Å². The van der Waals surface area contributed by atoms with Gasteiger partial charge in [-0.3, -0.25) is 9.59 Å². The summed E-state index contributed by atoms with van der Waals surface area (Å²) in [5.74, 6) is 1.35. The lowest BCUT2D eigenvalue weighted by molar-refractivity contribution is -0.130. The van der Waals surface area contributed by atoms with Gasteiger partial charge in [-0.25, -0.2) is 4.99 Å². The van der Waals surface area contributed by atoms with Crippen LogP contribution in [-0.2, 0) is 16.1 Å². The summed E-state index contributed by atoms with van der Waals surface area (Å²) in [5, 5.41) is 6.29. The molecule has 0 spiro atoms. The number of nitrogens with one attached hydrogen (secondary N) is 2. The van der Waals surface area contributed by atoms with E-state index in [0.29, 0.717) is 18.9 Å². The first-order valence-corrected chi connectivity index (χ1v) is 10.1. The van der Waals surface area contributed by atoms with E-state index in [0.717, 1.165) is 49.9 Å². The molecule has 1 aliphatic rings. The maximum Gasteiger partial charge on any atom is 0.224 e. The first-order chi connectivity index (χ1) is 13.4. The molecule has 0 unspecified atom stereocenters. The Morgan fingerprint density at radius 3 is 2.38 bits per heavy atom. The molecule has 8 heteroatoms. The number of carbonyl (C=O) groups is 2. The van der Waals surface area contributed by atoms with Crippen molar-refractivity contribution in [2.45, 2.75) is 40.7 Å². The summed E-state index contributed by atoms with van der Waals surface area (Å²) in [5.41, 5.74) is 1.85. The van der Waals surface area contributed by atoms with Crippen molar-refractivity contribution in [1.29, 1.82) is 0 Å². The van der Waals surface area contributed by atoms with Gasteiger partial charge in [-0.05, 0) is 30.5 Å². The molecule has 1 heterocycles. The maximum atomic E-state index is 12.0. The topological polar surface area (TPSA) is 77.0 Å². The number of piperazine rings is 1. The number of anilines is 1. The average molecular weight is 515 g/mol. The van der Waals surface area contributed by atoms with Gasteiger partial charge in [0, 0.05) is 51.8 Å². The Labute approximate surface area is 191 Å². The second kappa shape index (κ2) is 12.7. The number of rotatable bonds is 6. The fourth-order valence-electron chi connectivity index (χ4n) is 3.16. The molecule has 29 heavy (non-hydrogen) atoms. The number of nitrogens with zero attached hydrogens (tertiary/aromatic N) is 3. The lowest BCUT2D eigenvalue weighted by atomic mass is 10.1. The molecule has 1 fully saturated rings. The second-order valence-electron chi connectivity index (χ2n) is 7.51. The third-order valence-electron chi connectivity index (χ3n) is 4.58. The van der Waals surface area contributed by atoms with Gasteiger partial charge >= 0.3 is 0 Å². The predicted octanol–water partition coefficient (Wildman–Crippen LogP) is 2.92. The zero-order valence-electron chi connectivity index (χ0n) is 17.9. The quantitative estimate of drug-likeness (QED) is 0.347. The minimum Gasteiger partial charge on any atom is -0.357 e. The second-order valence-corrected chi connectivity index (χ2v) is 7.51. The summed E-state index contributed by atoms with van der Waals surface area (Å²) < 4.78 is 0. The highest BCUT2D eigenvalue weighted by atomic mass is 127. The average Bonchev–Trinajstić information content (AvgIpc) is 2.65. The maximum absolute atomic E-state index is 12.0. The highest BCUT2D eigenvalue weighted by molar-refractivity contribution is 14.0. The molecule has 1 aromatic carbocycles. The van der Waals surface area contributed by atoms with Crippen LogP contribution in [0.2, 0.25) is 0 Å². The van der Waals surface area contributed by atoms with Crippen molar-refractivity contribution in [3.63, 3.8) is 0 Å². The van der Waals surface area contributed by atoms with E-state index in [1.807, 2.05) is 49.9 Å². The SMILES string of the molecule is CCNC(=NCc1cccc(NC(=O)CC(C)C)c1)N1CCN(C(C)=O)CC1.I. The number of aliphatic imine (C=N–C) groups is 1. The highest BCUT2D eigenvalue weighted by Gasteiger charge is 2.20. The molecule has 162 valence electrons. The molecule has 1 saturated heterocycles. The normalized spacial score (nSPS) is 14.4. The number of guanidine groups is 1. The van der Waals surface area contributed by atoms with Crippen LogP contribution >= 0.6 is 24.0 Å². The molecule has 1 aromatic rings. The summed E-state index contributed by atoms with van der Waals surface area (Å²) in [6.45, 7) is 12.0. The summed E-state index contributed by atoms with van der Waals surface area (Å²) in [7, 11) is 0. The van der Waals surface area contributed by atoms with Gasteiger partial charge in [0.1, 0.15) is 0 Å². The van der Waals surface area contributed by atoms with E-state index in [9.17, 15) is 9.59 Å². The van der Waals surface area contributed by atoms with Crippen LogP contribution in [0.25, 0.3) is 0 Å². The molecule has 0 aromatic heterocycles. The standard InChI is InChI=1S/C21H33N5O2.HI/c1-5-22-21(26-11-9-25(10-12-26)17(4)27)23-15-18-7-6-8-19(14-18)24-20(28)13-16(2)3;/h6-8,14,16H,5,9-13,15H2,1-4H3,(H,22,23)(H,24,28);1H. The zero-order chi connectivity index (χ0) is 20.5. The van der Waals surface area contributed by atoms with E-state index in [1.165, 1.54) is 0 Å². The Balaban J connectivity index is 0.00000420. The largest absolute Gasteiger partial charge is 0.357 e. The first-order valence-electron chi connectivity index (χ1n) is 10.1. The van der Waals surface area contributed by atoms with Gasteiger partial charge in [0.05, 0.1) is 6.54 Å². The van der Waals surface area contributed by atoms with Crippen LogP contribution in [0.1, 0.15) is 39.7 Å². The Bertz CT molecular complexity index is 700. The molecule has 0 saturated carbocycles. The lowest BCUT2D eigenvalue weighted by Crippen LogP contribution is -2.53. The van der Waals surface area contributed by atoms with Crippen LogP contribution in [-0.4, -0.2) is 60.3 Å². The summed E-state index contributed by atoms with van der Waals surface area (Å²) >= 11 is 0. The van der Waals surface area contributed by atoms with Crippen molar-refractivity contribution in [3.05, 3.63) is 29.8 Å². The van der Waals surface area contributed by atoms with Crippen LogP contribution in [0.15, 0.2) is 29.3 Å². The molecule has 2 amide bonds. The monoisotopic (exact) mass is 515 g/mol. The van der Waals surface area contributed by atoms with Gasteiger partial charge in [0.25, 0.3) is 0 Å². The number of hydrogen-bond donors (Lipinski definition) is 2. The van der Waals surface area contributed by atoms with Gasteiger partial charge in [-0.15, -0.1) is 24.0 Å². The fraction of sp³-hybridized carbons (Fsp3) is 0.571. The van der Waals surface area contributed by atoms with E-state index in [1.54, 1.807) is 6.92 Å². The molecule has 0 aliphatic carbocycles. The minimum atomic E-state index is 0. The Kier molecular flexibility index (Phi) is 11.0. The molecular formula is C21H34IN5O2. The van der Waals surface area contributed by atoms with Crippen molar-refractivity contribution >= 4 is 47.4 Å². The van der Waals surface area contributed by atoms with Crippen molar-refractivity contribution in [3.8, 4) is 0 Å². The highest BCUT2D eigenvalue weighted by Crippen LogP contribution is 2.13. The number of carbonyl (C=O) groups excluding carboxylic acids is 2. The van der Waals surface area contributed by atoms with Crippen LogP contribution in [0.4, 0.5) is 5.69 Å². The van der Waals surface area contributed by atoms with Crippen molar-refractivity contribution in [2.24, 2.45) is 10.9 Å². The third-order valence-corrected chi connectivity index (χ3v) is 4.58. The predicted molar refractivity (Wildman–Crippen MR) is 129 cm³/mol. The number of benzene rings is 1. The molecule has 0 radical (unpaired) electrons. The summed E-state index contributed by atoms with van der Waals surface area (Å²) in [6.07, 6.45) is 0.513. The molecule has 7 nitrogen and oxygen atoms in total. The molecule has 2 N–H and O–H groups in total. The molecule has 1 aliphatic heterocycles. The fourth-order valence-corrected chi connectivity index (χ4v) is 3.16. The van der Waals surface area contributed by atoms with Crippen LogP contribution in [0, 0.1) is 5.92 Å². The smallest absolute Gasteiger partial charge is 0.224 e. The molecular weight excluding hydrogens is 481 g/mol. The van der Waals surface area contributed by atoms with Gasteiger partial charge in [0.2, 0.25) is 11.8 Å². The van der Waals surface area contributed by atoms with E-state index in [2.05, 4.69) is 15.5 Å². The number of hydrogen-bond acceptors (Lipinski definition) is 3. The van der Waals surface area contributed by atoms with Crippen LogP contribution < -0.4 is 10.6 Å². The molecule has 0 bridgehead atoms. The van der Waals surface area contributed by atoms with Crippen molar-refractivity contribution in [2.75, 3.05) is 38.0 Å². The number of halogens is 1. The van der Waals surface area contributed by atoms with Gasteiger partial charge in [0.15, 0.2) is 5.96 Å². The Morgan fingerprint density at radius 1 is 1.14 bits per heavy atom. The van der Waals surface area contributed by atoms with Gasteiger partial charge in [-0.1, -0.05) is 26.0 Å². The lowest BCUT2D eigenvalue weighted by Gasteiger charge is -2.36. The third kappa shape index (κ3) is 8.59. The Morgan fingerprint density at radius 2 is 1.79 bits per heavy atom. The van der Waals surface area contributed by atoms with Crippen LogP contribution in [0.3, 0.4) is 0 Å². The molecule has 2 rings (SSSR count). The minimum absolute atomic E-state index is 0. The van der Waals surface area contributed by atoms with E-state index in [-0.39, 0.29) is 35.8 Å². The van der Waals surface area contributed by atoms with Gasteiger partial charge < -0.3 is 20.4 Å². The first kappa shape index (κ1) is 25.2. The Hall–Kier alpha value is -1.84. The van der Waals surface area contributed by atoms with Crippen molar-refractivity contribution in [1.82, 2.24) is 15.1 Å². The van der Waals surface area contributed by atoms with Crippen molar-refractivity contribution < 1.29 is 9.59 Å². The van der Waals surface area contributed by atoms with E-state index in [4.69, 9.17) is 4.99 Å². The van der Waals surface area contributed by atoms with E-state index >= 15 is 0 Å². The zero-order valence-corrected chi connectivity index (χ0v) is 20.2. The van der Waals surface area contributed by atoms with E-state index < -0.39 is 0 Å². The summed E-state index contributed by atoms with van der Waals surface area (Å²) in [6, 6.07) is 7.82. The number of amides is 2.